The minimum atomic E-state index is -0.167. The van der Waals surface area contributed by atoms with E-state index < -0.39 is 0 Å². The van der Waals surface area contributed by atoms with Crippen molar-refractivity contribution < 1.29 is 9.84 Å². The molecule has 2 nitrogen and oxygen atoms in total. The lowest BCUT2D eigenvalue weighted by molar-refractivity contribution is 0.106. The summed E-state index contributed by atoms with van der Waals surface area (Å²) in [4.78, 5) is 0. The Morgan fingerprint density at radius 3 is 2.50 bits per heavy atom. The van der Waals surface area contributed by atoms with Crippen molar-refractivity contribution in [2.75, 3.05) is 0 Å². The largest absolute Gasteiger partial charge is 0.491 e. The molecule has 1 saturated carbocycles. The molecule has 0 bridgehead atoms. The average molecular weight is 248 g/mol. The highest BCUT2D eigenvalue weighted by Gasteiger charge is 2.24. The maximum Gasteiger partial charge on any atom is 0.119 e. The summed E-state index contributed by atoms with van der Waals surface area (Å²) in [6.07, 6.45) is 5.54. The molecule has 0 radical (unpaired) electrons. The Morgan fingerprint density at radius 2 is 1.89 bits per heavy atom. The molecule has 2 rings (SSSR count). The lowest BCUT2D eigenvalue weighted by Gasteiger charge is -2.28. The molecule has 1 fully saturated rings. The zero-order valence-electron chi connectivity index (χ0n) is 11.4. The van der Waals surface area contributed by atoms with Crippen LogP contribution in [0.2, 0.25) is 0 Å². The summed E-state index contributed by atoms with van der Waals surface area (Å²) < 4.78 is 5.77. The van der Waals surface area contributed by atoms with E-state index in [0.717, 1.165) is 31.4 Å². The van der Waals surface area contributed by atoms with E-state index in [0.29, 0.717) is 5.92 Å². The molecule has 0 aromatic heterocycles. The Hall–Kier alpha value is -1.02. The molecule has 18 heavy (non-hydrogen) atoms. The van der Waals surface area contributed by atoms with Crippen molar-refractivity contribution in [2.45, 2.75) is 64.1 Å². The zero-order chi connectivity index (χ0) is 13.0. The number of aliphatic hydroxyl groups excluding tert-OH is 1. The highest BCUT2D eigenvalue weighted by atomic mass is 16.5. The molecule has 0 spiro atoms. The summed E-state index contributed by atoms with van der Waals surface area (Å²) in [6, 6.07) is 8.28. The average Bonchev–Trinajstić information content (AvgIpc) is 2.40. The maximum absolute atomic E-state index is 10.0. The summed E-state index contributed by atoms with van der Waals surface area (Å²) in [5.74, 6) is 1.25. The molecule has 3 atom stereocenters. The van der Waals surface area contributed by atoms with Gasteiger partial charge in [-0.15, -0.1) is 0 Å². The second-order valence-electron chi connectivity index (χ2n) is 5.36. The van der Waals surface area contributed by atoms with Crippen LogP contribution in [0.5, 0.6) is 5.75 Å². The number of ether oxygens (including phenoxy) is 1. The number of hydrogen-bond donors (Lipinski definition) is 1. The molecule has 1 N–H and O–H groups in total. The molecule has 0 heterocycles. The fraction of sp³-hybridized carbons (Fsp3) is 0.625. The summed E-state index contributed by atoms with van der Waals surface area (Å²) in [7, 11) is 0. The molecule has 2 heteroatoms. The highest BCUT2D eigenvalue weighted by Crippen LogP contribution is 2.33. The molecular formula is C16H24O2. The Labute approximate surface area is 110 Å². The fourth-order valence-electron chi connectivity index (χ4n) is 2.61. The van der Waals surface area contributed by atoms with Crippen LogP contribution in [0.3, 0.4) is 0 Å². The van der Waals surface area contributed by atoms with E-state index in [4.69, 9.17) is 4.74 Å². The van der Waals surface area contributed by atoms with Gasteiger partial charge >= 0.3 is 0 Å². The van der Waals surface area contributed by atoms with Crippen LogP contribution in [-0.4, -0.2) is 17.3 Å². The molecule has 1 aromatic carbocycles. The van der Waals surface area contributed by atoms with Crippen LogP contribution in [0.1, 0.15) is 57.4 Å². The third-order valence-electron chi connectivity index (χ3n) is 3.95. The van der Waals surface area contributed by atoms with Crippen LogP contribution >= 0.6 is 0 Å². The van der Waals surface area contributed by atoms with Crippen molar-refractivity contribution in [3.8, 4) is 5.75 Å². The number of rotatable bonds is 4. The zero-order valence-corrected chi connectivity index (χ0v) is 11.4. The van der Waals surface area contributed by atoms with Crippen LogP contribution in [0.25, 0.3) is 0 Å². The molecular weight excluding hydrogens is 224 g/mol. The molecule has 0 aliphatic heterocycles. The van der Waals surface area contributed by atoms with E-state index in [1.54, 1.807) is 0 Å². The second-order valence-corrected chi connectivity index (χ2v) is 5.36. The fourth-order valence-corrected chi connectivity index (χ4v) is 2.61. The predicted molar refractivity (Wildman–Crippen MR) is 74.0 cm³/mol. The molecule has 1 aromatic rings. The summed E-state index contributed by atoms with van der Waals surface area (Å²) in [5, 5.41) is 10.0. The van der Waals surface area contributed by atoms with Gasteiger partial charge in [-0.25, -0.2) is 0 Å². The predicted octanol–water partition coefficient (Wildman–Crippen LogP) is 3.88. The van der Waals surface area contributed by atoms with Crippen molar-refractivity contribution >= 4 is 0 Å². The first-order valence-corrected chi connectivity index (χ1v) is 7.15. The minimum absolute atomic E-state index is 0.167. The van der Waals surface area contributed by atoms with Gasteiger partial charge in [0.1, 0.15) is 5.75 Å². The molecule has 100 valence electrons. The third-order valence-corrected chi connectivity index (χ3v) is 3.95. The SMILES string of the molecule is CCC(C)Oc1ccc(C2CCCCC2O)cc1. The van der Waals surface area contributed by atoms with Gasteiger partial charge in [0.15, 0.2) is 0 Å². The summed E-state index contributed by atoms with van der Waals surface area (Å²) in [5.41, 5.74) is 1.25. The molecule has 1 aliphatic rings. The molecule has 3 unspecified atom stereocenters. The van der Waals surface area contributed by atoms with Gasteiger partial charge in [0.25, 0.3) is 0 Å². The van der Waals surface area contributed by atoms with E-state index >= 15 is 0 Å². The van der Waals surface area contributed by atoms with E-state index in [9.17, 15) is 5.11 Å². The summed E-state index contributed by atoms with van der Waals surface area (Å²) in [6.45, 7) is 4.20. The molecule has 1 aliphatic carbocycles. The number of hydrogen-bond acceptors (Lipinski definition) is 2. The third kappa shape index (κ3) is 3.26. The first-order chi connectivity index (χ1) is 8.70. The maximum atomic E-state index is 10.0. The highest BCUT2D eigenvalue weighted by molar-refractivity contribution is 5.30. The van der Waals surface area contributed by atoms with Crippen LogP contribution in [0.15, 0.2) is 24.3 Å². The smallest absolute Gasteiger partial charge is 0.119 e. The monoisotopic (exact) mass is 248 g/mol. The standard InChI is InChI=1S/C16H24O2/c1-3-12(2)18-14-10-8-13(9-11-14)15-6-4-5-7-16(15)17/h8-12,15-17H,3-7H2,1-2H3. The van der Waals surface area contributed by atoms with Gasteiger partial charge in [-0.05, 0) is 43.9 Å². The molecule has 0 saturated heterocycles. The van der Waals surface area contributed by atoms with Gasteiger partial charge < -0.3 is 9.84 Å². The van der Waals surface area contributed by atoms with E-state index in [-0.39, 0.29) is 12.2 Å². The first-order valence-electron chi connectivity index (χ1n) is 7.15. The van der Waals surface area contributed by atoms with E-state index in [1.807, 2.05) is 12.1 Å². The molecule has 0 amide bonds. The van der Waals surface area contributed by atoms with Crippen LogP contribution < -0.4 is 4.74 Å². The van der Waals surface area contributed by atoms with Crippen LogP contribution in [0.4, 0.5) is 0 Å². The number of aliphatic hydroxyl groups is 1. The van der Waals surface area contributed by atoms with Crippen molar-refractivity contribution in [1.29, 1.82) is 0 Å². The van der Waals surface area contributed by atoms with Crippen molar-refractivity contribution in [2.24, 2.45) is 0 Å². The van der Waals surface area contributed by atoms with E-state index in [2.05, 4.69) is 26.0 Å². The van der Waals surface area contributed by atoms with Crippen LogP contribution in [0, 0.1) is 0 Å². The lowest BCUT2D eigenvalue weighted by Crippen LogP contribution is -2.22. The summed E-state index contributed by atoms with van der Waals surface area (Å²) >= 11 is 0. The van der Waals surface area contributed by atoms with Gasteiger partial charge in [-0.2, -0.15) is 0 Å². The Bertz CT molecular complexity index is 358. The van der Waals surface area contributed by atoms with Gasteiger partial charge in [0.05, 0.1) is 12.2 Å². The Morgan fingerprint density at radius 1 is 1.22 bits per heavy atom. The van der Waals surface area contributed by atoms with Gasteiger partial charge in [0, 0.05) is 5.92 Å². The Balaban J connectivity index is 2.02. The van der Waals surface area contributed by atoms with Gasteiger partial charge in [-0.1, -0.05) is 31.9 Å². The second kappa shape index (κ2) is 6.24. The van der Waals surface area contributed by atoms with Crippen molar-refractivity contribution in [3.63, 3.8) is 0 Å². The quantitative estimate of drug-likeness (QED) is 0.876. The van der Waals surface area contributed by atoms with Crippen molar-refractivity contribution in [1.82, 2.24) is 0 Å². The first kappa shape index (κ1) is 13.4. The van der Waals surface area contributed by atoms with E-state index in [1.165, 1.54) is 12.0 Å². The topological polar surface area (TPSA) is 29.5 Å². The lowest BCUT2D eigenvalue weighted by atomic mass is 9.82. The van der Waals surface area contributed by atoms with Crippen molar-refractivity contribution in [3.05, 3.63) is 29.8 Å². The van der Waals surface area contributed by atoms with Gasteiger partial charge in [0.2, 0.25) is 0 Å². The van der Waals surface area contributed by atoms with Crippen LogP contribution in [-0.2, 0) is 0 Å². The Kier molecular flexibility index (Phi) is 4.65. The van der Waals surface area contributed by atoms with Gasteiger partial charge in [-0.3, -0.25) is 0 Å². The minimum Gasteiger partial charge on any atom is -0.491 e. The normalized spacial score (nSPS) is 25.7. The number of benzene rings is 1.